The van der Waals surface area contributed by atoms with Crippen LogP contribution in [0.1, 0.15) is 30.9 Å². The third-order valence-corrected chi connectivity index (χ3v) is 6.84. The van der Waals surface area contributed by atoms with Crippen LogP contribution in [0.5, 0.6) is 5.75 Å². The number of ether oxygens (including phenoxy) is 1. The second-order valence-electron chi connectivity index (χ2n) is 9.25. The monoisotopic (exact) mass is 489 g/mol. The van der Waals surface area contributed by atoms with Gasteiger partial charge in [0, 0.05) is 24.6 Å². The van der Waals surface area contributed by atoms with Crippen molar-refractivity contribution in [3.8, 4) is 11.7 Å². The smallest absolute Gasteiger partial charge is 0.328 e. The maximum absolute atomic E-state index is 14.5. The SMILES string of the molecule is O=c1[nH]c2c(NCC3CC3)nc(-n3cnc4ccc(F)cc43)nc2n1C1CCOc2c(F)cccc21. The number of aromatic amines is 1. The van der Waals surface area contributed by atoms with E-state index in [9.17, 15) is 13.6 Å². The second-order valence-corrected chi connectivity index (χ2v) is 9.25. The van der Waals surface area contributed by atoms with Gasteiger partial charge in [-0.05, 0) is 37.0 Å². The number of benzene rings is 2. The first kappa shape index (κ1) is 21.0. The van der Waals surface area contributed by atoms with Gasteiger partial charge in [0.25, 0.3) is 0 Å². The van der Waals surface area contributed by atoms with Gasteiger partial charge in [0.05, 0.1) is 23.7 Å². The number of rotatable bonds is 5. The molecule has 0 amide bonds. The largest absolute Gasteiger partial charge is 0.490 e. The molecule has 0 saturated heterocycles. The van der Waals surface area contributed by atoms with Gasteiger partial charge in [-0.2, -0.15) is 9.97 Å². The Morgan fingerprint density at radius 3 is 2.89 bits per heavy atom. The first-order valence-corrected chi connectivity index (χ1v) is 11.9. The van der Waals surface area contributed by atoms with Crippen molar-refractivity contribution >= 4 is 28.0 Å². The molecule has 1 unspecified atom stereocenters. The number of imidazole rings is 2. The summed E-state index contributed by atoms with van der Waals surface area (Å²) in [5.41, 5.74) is 2.12. The number of H-pyrrole nitrogens is 1. The predicted molar refractivity (Wildman–Crippen MR) is 129 cm³/mol. The van der Waals surface area contributed by atoms with Crippen molar-refractivity contribution in [2.24, 2.45) is 5.92 Å². The fourth-order valence-electron chi connectivity index (χ4n) is 4.85. The van der Waals surface area contributed by atoms with Crippen LogP contribution in [-0.2, 0) is 0 Å². The van der Waals surface area contributed by atoms with E-state index in [0.717, 1.165) is 12.8 Å². The quantitative estimate of drug-likeness (QED) is 0.388. The minimum absolute atomic E-state index is 0.146. The lowest BCUT2D eigenvalue weighted by Gasteiger charge is -2.26. The summed E-state index contributed by atoms with van der Waals surface area (Å²) in [6.45, 7) is 0.970. The molecule has 1 atom stereocenters. The van der Waals surface area contributed by atoms with Gasteiger partial charge >= 0.3 is 5.69 Å². The van der Waals surface area contributed by atoms with Crippen LogP contribution in [0.3, 0.4) is 0 Å². The van der Waals surface area contributed by atoms with Crippen molar-refractivity contribution < 1.29 is 13.5 Å². The van der Waals surface area contributed by atoms with Crippen LogP contribution in [0.15, 0.2) is 47.5 Å². The van der Waals surface area contributed by atoms with E-state index in [1.54, 1.807) is 22.8 Å². The highest BCUT2D eigenvalue weighted by Gasteiger charge is 2.30. The molecule has 2 N–H and O–H groups in total. The predicted octanol–water partition coefficient (Wildman–Crippen LogP) is 3.93. The average Bonchev–Trinajstić information content (AvgIpc) is 3.52. The van der Waals surface area contributed by atoms with E-state index in [1.165, 1.54) is 29.1 Å². The van der Waals surface area contributed by atoms with Gasteiger partial charge in [0.2, 0.25) is 5.95 Å². The molecule has 5 aromatic rings. The zero-order chi connectivity index (χ0) is 24.4. The van der Waals surface area contributed by atoms with E-state index >= 15 is 0 Å². The molecular weight excluding hydrogens is 468 g/mol. The van der Waals surface area contributed by atoms with Gasteiger partial charge < -0.3 is 15.0 Å². The van der Waals surface area contributed by atoms with E-state index in [2.05, 4.69) is 15.3 Å². The molecule has 1 fully saturated rings. The lowest BCUT2D eigenvalue weighted by atomic mass is 10.00. The molecule has 2 aromatic carbocycles. The van der Waals surface area contributed by atoms with Gasteiger partial charge in [0.15, 0.2) is 23.0 Å². The maximum atomic E-state index is 14.5. The van der Waals surface area contributed by atoms with Crippen LogP contribution in [0.4, 0.5) is 14.6 Å². The summed E-state index contributed by atoms with van der Waals surface area (Å²) in [4.78, 5) is 30.0. The molecule has 1 saturated carbocycles. The second kappa shape index (κ2) is 7.87. The van der Waals surface area contributed by atoms with E-state index in [0.29, 0.717) is 52.5 Å². The summed E-state index contributed by atoms with van der Waals surface area (Å²) >= 11 is 0. The number of nitrogens with one attached hydrogen (secondary N) is 2. The third-order valence-electron chi connectivity index (χ3n) is 6.84. The Hall–Kier alpha value is -4.28. The molecule has 0 bridgehead atoms. The molecule has 1 aliphatic carbocycles. The molecule has 0 radical (unpaired) electrons. The van der Waals surface area contributed by atoms with Gasteiger partial charge in [0.1, 0.15) is 17.7 Å². The maximum Gasteiger partial charge on any atom is 0.328 e. The molecule has 182 valence electrons. The summed E-state index contributed by atoms with van der Waals surface area (Å²) in [6.07, 6.45) is 4.28. The van der Waals surface area contributed by atoms with E-state index in [1.807, 2.05) is 0 Å². The number of anilines is 1. The van der Waals surface area contributed by atoms with Gasteiger partial charge in [-0.3, -0.25) is 9.13 Å². The number of nitrogens with zero attached hydrogens (tertiary/aromatic N) is 5. The zero-order valence-corrected chi connectivity index (χ0v) is 19.0. The number of aromatic nitrogens is 6. The molecule has 1 aliphatic heterocycles. The summed E-state index contributed by atoms with van der Waals surface area (Å²) < 4.78 is 37.2. The number of hydrogen-bond donors (Lipinski definition) is 2. The number of para-hydroxylation sites is 1. The summed E-state index contributed by atoms with van der Waals surface area (Å²) in [5, 5.41) is 3.36. The van der Waals surface area contributed by atoms with Crippen molar-refractivity contribution in [3.63, 3.8) is 0 Å². The molecule has 3 aromatic heterocycles. The lowest BCUT2D eigenvalue weighted by molar-refractivity contribution is 0.244. The highest BCUT2D eigenvalue weighted by atomic mass is 19.1. The molecule has 7 rings (SSSR count). The molecule has 9 nitrogen and oxygen atoms in total. The van der Waals surface area contributed by atoms with Gasteiger partial charge in [-0.15, -0.1) is 0 Å². The van der Waals surface area contributed by atoms with Crippen LogP contribution in [0.2, 0.25) is 0 Å². The number of halogens is 2. The molecule has 11 heteroatoms. The number of fused-ring (bicyclic) bond motifs is 3. The van der Waals surface area contributed by atoms with Crippen LogP contribution < -0.4 is 15.7 Å². The Morgan fingerprint density at radius 2 is 2.03 bits per heavy atom. The Labute approximate surface area is 202 Å². The lowest BCUT2D eigenvalue weighted by Crippen LogP contribution is -2.28. The van der Waals surface area contributed by atoms with E-state index in [4.69, 9.17) is 14.7 Å². The summed E-state index contributed by atoms with van der Waals surface area (Å²) in [5.74, 6) is 0.542. The Kier molecular flexibility index (Phi) is 4.60. The van der Waals surface area contributed by atoms with Crippen LogP contribution >= 0.6 is 0 Å². The molecule has 4 heterocycles. The highest BCUT2D eigenvalue weighted by Crippen LogP contribution is 2.37. The van der Waals surface area contributed by atoms with Crippen LogP contribution in [0.25, 0.3) is 28.1 Å². The van der Waals surface area contributed by atoms with Gasteiger partial charge in [-0.25, -0.2) is 18.6 Å². The van der Waals surface area contributed by atoms with Gasteiger partial charge in [-0.1, -0.05) is 12.1 Å². The van der Waals surface area contributed by atoms with Crippen molar-refractivity contribution in [3.05, 3.63) is 70.4 Å². The minimum Gasteiger partial charge on any atom is -0.490 e. The highest BCUT2D eigenvalue weighted by molar-refractivity contribution is 5.85. The Balaban J connectivity index is 1.45. The standard InChI is InChI=1S/C25H21F2N7O2/c26-14-6-7-17-19(10-14)33(12-29-17)24-31-22(28-11-13-4-5-13)20-23(32-24)34(25(35)30-20)18-8-9-36-21-15(18)2-1-3-16(21)27/h1-3,6-7,10,12-13,18H,4-5,8-9,11H2,(H,30,35)(H,28,31,32). The van der Waals surface area contributed by atoms with E-state index in [-0.39, 0.29) is 24.0 Å². The van der Waals surface area contributed by atoms with Crippen molar-refractivity contribution in [1.82, 2.24) is 29.1 Å². The fraction of sp³-hybridized carbons (Fsp3) is 0.280. The van der Waals surface area contributed by atoms with Crippen molar-refractivity contribution in [2.45, 2.75) is 25.3 Å². The topological polar surface area (TPSA) is 103 Å². The normalized spacial score (nSPS) is 17.3. The summed E-state index contributed by atoms with van der Waals surface area (Å²) in [6, 6.07) is 8.52. The zero-order valence-electron chi connectivity index (χ0n) is 19.0. The van der Waals surface area contributed by atoms with Crippen molar-refractivity contribution in [2.75, 3.05) is 18.5 Å². The average molecular weight is 489 g/mol. The molecule has 36 heavy (non-hydrogen) atoms. The first-order valence-electron chi connectivity index (χ1n) is 11.9. The fourth-order valence-corrected chi connectivity index (χ4v) is 4.85. The van der Waals surface area contributed by atoms with Crippen LogP contribution in [-0.4, -0.2) is 42.2 Å². The summed E-state index contributed by atoms with van der Waals surface area (Å²) in [7, 11) is 0. The molecule has 0 spiro atoms. The first-order chi connectivity index (χ1) is 17.6. The third kappa shape index (κ3) is 3.34. The van der Waals surface area contributed by atoms with Crippen molar-refractivity contribution in [1.29, 1.82) is 0 Å². The Morgan fingerprint density at radius 1 is 1.14 bits per heavy atom. The van der Waals surface area contributed by atoms with Crippen LogP contribution in [0, 0.1) is 17.6 Å². The molecule has 2 aliphatic rings. The number of hydrogen-bond acceptors (Lipinski definition) is 6. The molecular formula is C25H21F2N7O2. The Bertz CT molecular complexity index is 1700. The minimum atomic E-state index is -0.485. The van der Waals surface area contributed by atoms with E-state index < -0.39 is 17.7 Å².